The zero-order valence-corrected chi connectivity index (χ0v) is 22.1. The van der Waals surface area contributed by atoms with Crippen LogP contribution in [0.1, 0.15) is 84.5 Å². The summed E-state index contributed by atoms with van der Waals surface area (Å²) in [6.45, 7) is 3.60. The summed E-state index contributed by atoms with van der Waals surface area (Å²) in [6, 6.07) is -0.429. The van der Waals surface area contributed by atoms with Gasteiger partial charge in [-0.25, -0.2) is 0 Å². The van der Waals surface area contributed by atoms with Crippen molar-refractivity contribution in [3.63, 3.8) is 0 Å². The topological polar surface area (TPSA) is 113 Å². The number of unbranched alkanes of at least 4 members (excludes halogenated alkanes) is 4. The molecule has 5 nitrogen and oxygen atoms in total. The largest absolute Gasteiger partial charge is 0.392 e. The lowest BCUT2D eigenvalue weighted by atomic mass is 10.0. The minimum atomic E-state index is -0.668. The third kappa shape index (κ3) is 23.7. The van der Waals surface area contributed by atoms with Gasteiger partial charge < -0.3 is 26.8 Å². The number of allylic oxidation sites excluding steroid dienone is 9. The second-order valence-electron chi connectivity index (χ2n) is 9.26. The quantitative estimate of drug-likeness (QED) is 0.110. The van der Waals surface area contributed by atoms with E-state index >= 15 is 0 Å². The molecule has 35 heavy (non-hydrogen) atoms. The van der Waals surface area contributed by atoms with Gasteiger partial charge >= 0.3 is 0 Å². The standard InChI is InChI=1S/C30H52N2O3/c1-26(31)29(34)24-20-18-16-14-12-10-8-6-4-3-5-7-9-11-13-15-17-19-22-28(33)23-21-25-30(35)27(2)32/h3-4,7-10,13,15,19,21-22,25-30,33-35H,5-6,11-12,14,16-18,20,23-24,31-32H2,1-2H3/b4-3-,9-7-,10-8-,15-13-,22-19+,25-21-/t26-,27-,28-,29+,30+/m1/s1. The Labute approximate surface area is 214 Å². The van der Waals surface area contributed by atoms with E-state index in [1.165, 1.54) is 19.3 Å². The lowest BCUT2D eigenvalue weighted by Crippen LogP contribution is -2.31. The first-order valence-corrected chi connectivity index (χ1v) is 13.3. The summed E-state index contributed by atoms with van der Waals surface area (Å²) < 4.78 is 0. The van der Waals surface area contributed by atoms with Crippen LogP contribution in [0.3, 0.4) is 0 Å². The normalized spacial score (nSPS) is 17.6. The molecule has 0 amide bonds. The Morgan fingerprint density at radius 2 is 1.09 bits per heavy atom. The van der Waals surface area contributed by atoms with Gasteiger partial charge in [-0.1, -0.05) is 92.2 Å². The second-order valence-corrected chi connectivity index (χ2v) is 9.26. The van der Waals surface area contributed by atoms with Crippen LogP contribution in [-0.2, 0) is 0 Å². The molecule has 0 bridgehead atoms. The average Bonchev–Trinajstić information content (AvgIpc) is 2.82. The molecule has 0 rings (SSSR count). The molecule has 0 aliphatic heterocycles. The lowest BCUT2D eigenvalue weighted by Gasteiger charge is -2.13. The third-order valence-corrected chi connectivity index (χ3v) is 5.59. The summed E-state index contributed by atoms with van der Waals surface area (Å²) in [5.41, 5.74) is 11.2. The van der Waals surface area contributed by atoms with E-state index in [1.54, 1.807) is 25.2 Å². The van der Waals surface area contributed by atoms with Gasteiger partial charge in [0.25, 0.3) is 0 Å². The molecule has 5 heteroatoms. The molecular weight excluding hydrogens is 436 g/mol. The number of nitrogens with two attached hydrogens (primary N) is 2. The van der Waals surface area contributed by atoms with Gasteiger partial charge in [-0.15, -0.1) is 0 Å². The minimum absolute atomic E-state index is 0.124. The third-order valence-electron chi connectivity index (χ3n) is 5.59. The van der Waals surface area contributed by atoms with Crippen molar-refractivity contribution in [3.8, 4) is 0 Å². The van der Waals surface area contributed by atoms with E-state index in [2.05, 4.69) is 48.6 Å². The van der Waals surface area contributed by atoms with Gasteiger partial charge in [0.1, 0.15) is 0 Å². The molecule has 0 heterocycles. The molecule has 0 unspecified atom stereocenters. The fourth-order valence-corrected chi connectivity index (χ4v) is 3.18. The van der Waals surface area contributed by atoms with Crippen LogP contribution in [0, 0.1) is 0 Å². The zero-order valence-electron chi connectivity index (χ0n) is 22.1. The lowest BCUT2D eigenvalue weighted by molar-refractivity contribution is 0.138. The van der Waals surface area contributed by atoms with Crippen LogP contribution in [0.15, 0.2) is 72.9 Å². The molecule has 0 spiro atoms. The van der Waals surface area contributed by atoms with E-state index in [9.17, 15) is 15.3 Å². The molecular formula is C30H52N2O3. The van der Waals surface area contributed by atoms with Crippen LogP contribution in [-0.4, -0.2) is 45.7 Å². The first-order chi connectivity index (χ1) is 16.8. The molecule has 0 aromatic carbocycles. The first-order valence-electron chi connectivity index (χ1n) is 13.3. The molecule has 0 saturated heterocycles. The van der Waals surface area contributed by atoms with Crippen LogP contribution in [0.25, 0.3) is 0 Å². The van der Waals surface area contributed by atoms with Crippen LogP contribution in [0.5, 0.6) is 0 Å². The molecule has 0 saturated carbocycles. The fourth-order valence-electron chi connectivity index (χ4n) is 3.18. The highest BCUT2D eigenvalue weighted by Gasteiger charge is 2.08. The number of rotatable bonds is 21. The Balaban J connectivity index is 3.64. The van der Waals surface area contributed by atoms with E-state index in [-0.39, 0.29) is 18.2 Å². The summed E-state index contributed by atoms with van der Waals surface area (Å²) in [4.78, 5) is 0. The average molecular weight is 489 g/mol. The molecule has 0 aromatic rings. The van der Waals surface area contributed by atoms with E-state index < -0.39 is 12.2 Å². The highest BCUT2D eigenvalue weighted by molar-refractivity contribution is 5.02. The van der Waals surface area contributed by atoms with Crippen LogP contribution < -0.4 is 11.5 Å². The van der Waals surface area contributed by atoms with Crippen molar-refractivity contribution < 1.29 is 15.3 Å². The van der Waals surface area contributed by atoms with Crippen molar-refractivity contribution in [2.24, 2.45) is 11.5 Å². The summed E-state index contributed by atoms with van der Waals surface area (Å²) in [7, 11) is 0. The Bertz CT molecular complexity index is 648. The van der Waals surface area contributed by atoms with Crippen molar-refractivity contribution in [1.82, 2.24) is 0 Å². The maximum Gasteiger partial charge on any atom is 0.0869 e. The second kappa shape index (κ2) is 24.0. The Hall–Kier alpha value is -1.76. The SMILES string of the molecule is C[C@@H](N)[C@@H](O)/C=C\C[C@H](O)/C=C/C/C=C\C/C=C\C/C=C\C/C=C\CCCCCC[C@H](O)[C@@H](C)N. The van der Waals surface area contributed by atoms with E-state index in [0.29, 0.717) is 6.42 Å². The molecule has 0 aliphatic carbocycles. The molecule has 200 valence electrons. The Kier molecular flexibility index (Phi) is 22.8. The first kappa shape index (κ1) is 33.2. The number of aliphatic hydroxyl groups is 3. The van der Waals surface area contributed by atoms with E-state index in [0.717, 1.165) is 44.9 Å². The molecule has 7 N–H and O–H groups in total. The maximum atomic E-state index is 9.87. The predicted octanol–water partition coefficient (Wildman–Crippen LogP) is 5.39. The fraction of sp³-hybridized carbons (Fsp3) is 0.600. The van der Waals surface area contributed by atoms with Gasteiger partial charge in [0.15, 0.2) is 0 Å². The zero-order chi connectivity index (χ0) is 26.2. The smallest absolute Gasteiger partial charge is 0.0869 e. The number of hydrogen-bond donors (Lipinski definition) is 5. The highest BCUT2D eigenvalue weighted by Crippen LogP contribution is 2.09. The van der Waals surface area contributed by atoms with Crippen LogP contribution >= 0.6 is 0 Å². The summed E-state index contributed by atoms with van der Waals surface area (Å²) in [5.74, 6) is 0. The van der Waals surface area contributed by atoms with Gasteiger partial charge in [0.05, 0.1) is 18.3 Å². The van der Waals surface area contributed by atoms with Crippen molar-refractivity contribution in [2.45, 2.75) is 115 Å². The van der Waals surface area contributed by atoms with Crippen molar-refractivity contribution in [2.75, 3.05) is 0 Å². The van der Waals surface area contributed by atoms with Crippen molar-refractivity contribution in [1.29, 1.82) is 0 Å². The summed E-state index contributed by atoms with van der Waals surface area (Å²) in [5, 5.41) is 29.1. The molecule has 0 aliphatic rings. The van der Waals surface area contributed by atoms with E-state index in [1.807, 2.05) is 13.0 Å². The summed E-state index contributed by atoms with van der Waals surface area (Å²) >= 11 is 0. The van der Waals surface area contributed by atoms with E-state index in [4.69, 9.17) is 11.5 Å². The maximum absolute atomic E-state index is 9.87. The predicted molar refractivity (Wildman–Crippen MR) is 151 cm³/mol. The molecule has 0 fully saturated rings. The monoisotopic (exact) mass is 488 g/mol. The highest BCUT2D eigenvalue weighted by atomic mass is 16.3. The Morgan fingerprint density at radius 3 is 1.63 bits per heavy atom. The number of hydrogen-bond acceptors (Lipinski definition) is 5. The number of aliphatic hydroxyl groups excluding tert-OH is 3. The van der Waals surface area contributed by atoms with Crippen molar-refractivity contribution in [3.05, 3.63) is 72.9 Å². The molecule has 0 radical (unpaired) electrons. The van der Waals surface area contributed by atoms with Gasteiger partial charge in [0.2, 0.25) is 0 Å². The van der Waals surface area contributed by atoms with Gasteiger partial charge in [-0.3, -0.25) is 0 Å². The van der Waals surface area contributed by atoms with Gasteiger partial charge in [0, 0.05) is 12.1 Å². The minimum Gasteiger partial charge on any atom is -0.392 e. The van der Waals surface area contributed by atoms with Gasteiger partial charge in [-0.2, -0.15) is 0 Å². The molecule has 5 atom stereocenters. The van der Waals surface area contributed by atoms with Crippen LogP contribution in [0.4, 0.5) is 0 Å². The van der Waals surface area contributed by atoms with Gasteiger partial charge in [-0.05, 0) is 65.2 Å². The van der Waals surface area contributed by atoms with Crippen molar-refractivity contribution >= 4 is 0 Å². The van der Waals surface area contributed by atoms with Crippen LogP contribution in [0.2, 0.25) is 0 Å². The summed E-state index contributed by atoms with van der Waals surface area (Å²) in [6.07, 6.45) is 33.7. The molecule has 0 aromatic heterocycles. The Morgan fingerprint density at radius 1 is 0.571 bits per heavy atom.